The number of hydrogen-bond acceptors (Lipinski definition) is 1. The fourth-order valence-electron chi connectivity index (χ4n) is 8.61. The fraction of sp³-hybridized carbons (Fsp3) is 0. The normalized spacial score (nSPS) is 11.6. The van der Waals surface area contributed by atoms with Gasteiger partial charge in [0.25, 0.3) is 0 Å². The van der Waals surface area contributed by atoms with Gasteiger partial charge >= 0.3 is 0 Å². The third kappa shape index (κ3) is 5.05. The van der Waals surface area contributed by atoms with Crippen molar-refractivity contribution < 1.29 is 0 Å². The molecule has 11 aromatic rings. The van der Waals surface area contributed by atoms with Gasteiger partial charge in [0, 0.05) is 55.4 Å². The van der Waals surface area contributed by atoms with E-state index < -0.39 is 0 Å². The molecule has 0 aliphatic carbocycles. The zero-order valence-corrected chi connectivity index (χ0v) is 30.0. The van der Waals surface area contributed by atoms with Crippen LogP contribution in [0.4, 0.5) is 17.1 Å². The largest absolute Gasteiger partial charge is 0.310 e. The van der Waals surface area contributed by atoms with Gasteiger partial charge in [-0.2, -0.15) is 0 Å². The minimum atomic E-state index is 1.09. The highest BCUT2D eigenvalue weighted by Crippen LogP contribution is 2.42. The lowest BCUT2D eigenvalue weighted by Gasteiger charge is -2.26. The van der Waals surface area contributed by atoms with Gasteiger partial charge < -0.3 is 14.0 Å². The molecular formula is C52H35N3. The van der Waals surface area contributed by atoms with E-state index in [1.165, 1.54) is 65.5 Å². The zero-order valence-electron chi connectivity index (χ0n) is 30.0. The number of nitrogens with zero attached hydrogens (tertiary/aromatic N) is 3. The van der Waals surface area contributed by atoms with Crippen LogP contribution in [0.3, 0.4) is 0 Å². The van der Waals surface area contributed by atoms with E-state index in [4.69, 9.17) is 0 Å². The molecule has 0 atom stereocenters. The Kier molecular flexibility index (Phi) is 7.17. The zero-order chi connectivity index (χ0) is 36.3. The molecule has 0 unspecified atom stereocenters. The van der Waals surface area contributed by atoms with Crippen molar-refractivity contribution in [2.24, 2.45) is 0 Å². The van der Waals surface area contributed by atoms with Crippen molar-refractivity contribution in [3.05, 3.63) is 212 Å². The van der Waals surface area contributed by atoms with Gasteiger partial charge in [0.2, 0.25) is 0 Å². The number of para-hydroxylation sites is 3. The molecule has 0 aliphatic heterocycles. The summed E-state index contributed by atoms with van der Waals surface area (Å²) >= 11 is 0. The quantitative estimate of drug-likeness (QED) is 0.168. The molecule has 0 spiro atoms. The van der Waals surface area contributed by atoms with Gasteiger partial charge in [-0.1, -0.05) is 133 Å². The van der Waals surface area contributed by atoms with Crippen molar-refractivity contribution in [1.29, 1.82) is 0 Å². The minimum absolute atomic E-state index is 1.09. The Balaban J connectivity index is 1.11. The molecule has 0 radical (unpaired) electrons. The SMILES string of the molecule is c1ccc(-c2cccc(N(c3ccc(-n4c5ccccc5c5ccc6ccccc6c54)cc3)c3ccc4c(c3)c3ccccc3n4-c3ccccc3)c2)cc1. The molecule has 0 amide bonds. The Morgan fingerprint density at radius 3 is 1.64 bits per heavy atom. The first-order chi connectivity index (χ1) is 27.3. The monoisotopic (exact) mass is 701 g/mol. The van der Waals surface area contributed by atoms with Crippen molar-refractivity contribution >= 4 is 71.4 Å². The van der Waals surface area contributed by atoms with E-state index in [9.17, 15) is 0 Å². The Morgan fingerprint density at radius 1 is 0.291 bits per heavy atom. The maximum Gasteiger partial charge on any atom is 0.0619 e. The summed E-state index contributed by atoms with van der Waals surface area (Å²) in [6.45, 7) is 0. The van der Waals surface area contributed by atoms with Gasteiger partial charge in [-0.15, -0.1) is 0 Å². The summed E-state index contributed by atoms with van der Waals surface area (Å²) in [7, 11) is 0. The lowest BCUT2D eigenvalue weighted by atomic mass is 10.0. The van der Waals surface area contributed by atoms with Crippen molar-refractivity contribution in [1.82, 2.24) is 9.13 Å². The molecule has 3 nitrogen and oxygen atoms in total. The fourth-order valence-corrected chi connectivity index (χ4v) is 8.61. The van der Waals surface area contributed by atoms with Gasteiger partial charge in [0.15, 0.2) is 0 Å². The summed E-state index contributed by atoms with van der Waals surface area (Å²) < 4.78 is 4.81. The van der Waals surface area contributed by atoms with Gasteiger partial charge in [0.1, 0.15) is 0 Å². The molecule has 9 aromatic carbocycles. The minimum Gasteiger partial charge on any atom is -0.310 e. The van der Waals surface area contributed by atoms with Crippen LogP contribution in [0.5, 0.6) is 0 Å². The van der Waals surface area contributed by atoms with E-state index in [0.29, 0.717) is 0 Å². The molecule has 3 heteroatoms. The van der Waals surface area contributed by atoms with Gasteiger partial charge in [0.05, 0.1) is 22.1 Å². The highest BCUT2D eigenvalue weighted by atomic mass is 15.1. The standard InChI is InChI=1S/C52H35N3/c1-3-14-36(15-4-1)38-17-13-20-42(34-38)53(43-31-33-51-48(35-43)46-23-10-11-24-49(46)54(51)39-18-5-2-6-19-39)40-27-29-41(30-28-40)55-50-25-12-9-22-45(50)47-32-26-37-16-7-8-21-44(37)52(47)55/h1-35H. The van der Waals surface area contributed by atoms with Crippen molar-refractivity contribution in [2.75, 3.05) is 4.90 Å². The number of hydrogen-bond donors (Lipinski definition) is 0. The topological polar surface area (TPSA) is 13.1 Å². The molecular weight excluding hydrogens is 667 g/mol. The van der Waals surface area contributed by atoms with Crippen LogP contribution in [-0.2, 0) is 0 Å². The van der Waals surface area contributed by atoms with E-state index in [2.05, 4.69) is 226 Å². The summed E-state index contributed by atoms with van der Waals surface area (Å²) in [5.74, 6) is 0. The van der Waals surface area contributed by atoms with Crippen LogP contribution in [0.2, 0.25) is 0 Å². The lowest BCUT2D eigenvalue weighted by Crippen LogP contribution is -2.10. The molecule has 0 saturated carbocycles. The third-order valence-electron chi connectivity index (χ3n) is 11.1. The van der Waals surface area contributed by atoms with Crippen LogP contribution in [0.1, 0.15) is 0 Å². The predicted octanol–water partition coefficient (Wildman–Crippen LogP) is 14.2. The molecule has 2 heterocycles. The second-order valence-corrected chi connectivity index (χ2v) is 14.2. The molecule has 0 aliphatic rings. The molecule has 55 heavy (non-hydrogen) atoms. The van der Waals surface area contributed by atoms with Crippen molar-refractivity contribution in [2.45, 2.75) is 0 Å². The Bertz CT molecular complexity index is 3190. The second-order valence-electron chi connectivity index (χ2n) is 14.2. The summed E-state index contributed by atoms with van der Waals surface area (Å²) in [6, 6.07) is 76.9. The highest BCUT2D eigenvalue weighted by Gasteiger charge is 2.19. The second kappa shape index (κ2) is 12.6. The smallest absolute Gasteiger partial charge is 0.0619 e. The molecule has 0 saturated heterocycles. The third-order valence-corrected chi connectivity index (χ3v) is 11.1. The molecule has 0 fully saturated rings. The van der Waals surface area contributed by atoms with Gasteiger partial charge in [-0.05, 0) is 95.4 Å². The summed E-state index contributed by atoms with van der Waals surface area (Å²) in [5, 5.41) is 7.46. The molecule has 258 valence electrons. The first-order valence-electron chi connectivity index (χ1n) is 18.9. The van der Waals surface area contributed by atoms with Crippen molar-refractivity contribution in [3.8, 4) is 22.5 Å². The first kappa shape index (κ1) is 31.2. The van der Waals surface area contributed by atoms with Crippen LogP contribution >= 0.6 is 0 Å². The Morgan fingerprint density at radius 2 is 0.855 bits per heavy atom. The van der Waals surface area contributed by atoms with E-state index in [-0.39, 0.29) is 0 Å². The van der Waals surface area contributed by atoms with Crippen molar-refractivity contribution in [3.63, 3.8) is 0 Å². The highest BCUT2D eigenvalue weighted by molar-refractivity contribution is 6.18. The van der Waals surface area contributed by atoms with E-state index in [0.717, 1.165) is 28.4 Å². The number of benzene rings is 9. The average Bonchev–Trinajstić information content (AvgIpc) is 3.78. The van der Waals surface area contributed by atoms with Crippen LogP contribution in [-0.4, -0.2) is 9.13 Å². The maximum absolute atomic E-state index is 2.43. The van der Waals surface area contributed by atoms with E-state index in [1.54, 1.807) is 0 Å². The summed E-state index contributed by atoms with van der Waals surface area (Å²) in [5.41, 5.74) is 12.8. The Hall–Kier alpha value is -7.36. The first-order valence-corrected chi connectivity index (χ1v) is 18.9. The number of anilines is 3. The molecule has 2 aromatic heterocycles. The lowest BCUT2D eigenvalue weighted by molar-refractivity contribution is 1.17. The molecule has 0 bridgehead atoms. The summed E-state index contributed by atoms with van der Waals surface area (Å²) in [4.78, 5) is 2.39. The number of rotatable bonds is 6. The molecule has 0 N–H and O–H groups in total. The number of aromatic nitrogens is 2. The number of fused-ring (bicyclic) bond motifs is 8. The van der Waals surface area contributed by atoms with E-state index >= 15 is 0 Å². The molecule has 11 rings (SSSR count). The van der Waals surface area contributed by atoms with Crippen LogP contribution in [0.15, 0.2) is 212 Å². The van der Waals surface area contributed by atoms with Gasteiger partial charge in [-0.25, -0.2) is 0 Å². The predicted molar refractivity (Wildman–Crippen MR) is 233 cm³/mol. The summed E-state index contributed by atoms with van der Waals surface area (Å²) in [6.07, 6.45) is 0. The van der Waals surface area contributed by atoms with Crippen LogP contribution < -0.4 is 4.90 Å². The average molecular weight is 702 g/mol. The van der Waals surface area contributed by atoms with Crippen LogP contribution in [0.25, 0.3) is 76.9 Å². The Labute approximate surface area is 319 Å². The van der Waals surface area contributed by atoms with E-state index in [1.807, 2.05) is 0 Å². The maximum atomic E-state index is 2.43. The van der Waals surface area contributed by atoms with Gasteiger partial charge in [-0.3, -0.25) is 0 Å². The van der Waals surface area contributed by atoms with Crippen LogP contribution in [0, 0.1) is 0 Å².